The number of hydrogen-bond acceptors (Lipinski definition) is 4. The lowest BCUT2D eigenvalue weighted by Crippen LogP contribution is -2.29. The monoisotopic (exact) mass is 346 g/mol. The molecule has 0 spiro atoms. The molecule has 1 aliphatic rings. The van der Waals surface area contributed by atoms with Crippen molar-refractivity contribution >= 4 is 39.1 Å². The molecule has 0 saturated carbocycles. The topological polar surface area (TPSA) is 80.5 Å². The van der Waals surface area contributed by atoms with Gasteiger partial charge in [0.05, 0.1) is 26.2 Å². The first-order valence-electron chi connectivity index (χ1n) is 5.92. The van der Waals surface area contributed by atoms with E-state index in [-0.39, 0.29) is 15.8 Å². The number of halogens is 1. The van der Waals surface area contributed by atoms with E-state index in [4.69, 9.17) is 0 Å². The number of anilines is 1. The zero-order chi connectivity index (χ0) is 15.1. The van der Waals surface area contributed by atoms with Crippen LogP contribution in [0.25, 0.3) is 0 Å². The van der Waals surface area contributed by atoms with Gasteiger partial charge >= 0.3 is 0 Å². The van der Waals surface area contributed by atoms with E-state index in [2.05, 4.69) is 15.9 Å². The van der Waals surface area contributed by atoms with E-state index >= 15 is 0 Å². The third-order valence-corrected chi connectivity index (χ3v) is 3.85. The predicted molar refractivity (Wildman–Crippen MR) is 78.4 cm³/mol. The van der Waals surface area contributed by atoms with Gasteiger partial charge in [0.2, 0.25) is 0 Å². The van der Waals surface area contributed by atoms with Gasteiger partial charge in [0.15, 0.2) is 0 Å². The highest BCUT2D eigenvalue weighted by Crippen LogP contribution is 2.33. The number of nitro groups is 1. The van der Waals surface area contributed by atoms with Crippen molar-refractivity contribution in [2.24, 2.45) is 0 Å². The number of nitrogens with zero attached hydrogens (tertiary/aromatic N) is 2. The zero-order valence-corrected chi connectivity index (χ0v) is 12.0. The molecule has 1 heterocycles. The van der Waals surface area contributed by atoms with Gasteiger partial charge in [-0.25, -0.2) is 4.90 Å². The predicted octanol–water partition coefficient (Wildman–Crippen LogP) is 3.16. The van der Waals surface area contributed by atoms with Crippen molar-refractivity contribution in [1.29, 1.82) is 0 Å². The summed E-state index contributed by atoms with van der Waals surface area (Å²) >= 11 is 3.07. The Hall–Kier alpha value is -2.54. The number of rotatable bonds is 2. The molecule has 0 bridgehead atoms. The van der Waals surface area contributed by atoms with Crippen molar-refractivity contribution in [3.8, 4) is 0 Å². The molecule has 0 unspecified atom stereocenters. The Bertz CT molecular complexity index is 768. The fourth-order valence-electron chi connectivity index (χ4n) is 2.20. The fraction of sp³-hybridized carbons (Fsp3) is 0. The zero-order valence-electron chi connectivity index (χ0n) is 10.4. The molecule has 0 atom stereocenters. The molecule has 0 radical (unpaired) electrons. The summed E-state index contributed by atoms with van der Waals surface area (Å²) < 4.78 is 0.285. The average Bonchev–Trinajstić information content (AvgIpc) is 2.72. The number of carbonyl (C=O) groups excluding carboxylic acids is 2. The largest absolute Gasteiger partial charge is 0.285 e. The number of benzene rings is 2. The molecule has 7 heteroatoms. The molecular weight excluding hydrogens is 340 g/mol. The minimum atomic E-state index is -0.578. The lowest BCUT2D eigenvalue weighted by molar-refractivity contribution is -0.385. The molecule has 3 rings (SSSR count). The molecule has 0 N–H and O–H groups in total. The highest BCUT2D eigenvalue weighted by atomic mass is 79.9. The van der Waals surface area contributed by atoms with E-state index in [9.17, 15) is 19.7 Å². The summed E-state index contributed by atoms with van der Waals surface area (Å²) in [5.74, 6) is -0.959. The minimum absolute atomic E-state index is 0.177. The lowest BCUT2D eigenvalue weighted by Gasteiger charge is -2.13. The fourth-order valence-corrected chi connectivity index (χ4v) is 2.60. The summed E-state index contributed by atoms with van der Waals surface area (Å²) in [6, 6.07) is 10.6. The maximum atomic E-state index is 12.3. The second-order valence-electron chi connectivity index (χ2n) is 4.38. The van der Waals surface area contributed by atoms with Gasteiger partial charge in [-0.3, -0.25) is 19.7 Å². The standard InChI is InChI=1S/C14H7BrN2O4/c15-11-6-5-8(7-12(11)17(20)21)16-13(18)9-3-1-2-4-10(9)14(16)19/h1-7H. The quantitative estimate of drug-likeness (QED) is 0.475. The van der Waals surface area contributed by atoms with E-state index < -0.39 is 16.7 Å². The average molecular weight is 347 g/mol. The van der Waals surface area contributed by atoms with Crippen molar-refractivity contribution in [3.63, 3.8) is 0 Å². The SMILES string of the molecule is O=C1c2ccccc2C(=O)N1c1ccc(Br)c([N+](=O)[O-])c1. The van der Waals surface area contributed by atoms with Crippen LogP contribution >= 0.6 is 15.9 Å². The maximum Gasteiger partial charge on any atom is 0.285 e. The summed E-state index contributed by atoms with van der Waals surface area (Å²) in [5, 5.41) is 11.0. The molecule has 6 nitrogen and oxygen atoms in total. The third-order valence-electron chi connectivity index (χ3n) is 3.18. The number of hydrogen-bond donors (Lipinski definition) is 0. The molecule has 104 valence electrons. The normalized spacial score (nSPS) is 13.5. The second-order valence-corrected chi connectivity index (χ2v) is 5.24. The van der Waals surface area contributed by atoms with Gasteiger partial charge in [0.25, 0.3) is 17.5 Å². The van der Waals surface area contributed by atoms with Gasteiger partial charge in [-0.05, 0) is 40.2 Å². The maximum absolute atomic E-state index is 12.3. The molecule has 1 aliphatic heterocycles. The number of carbonyl (C=O) groups is 2. The Morgan fingerprint density at radius 1 is 1.00 bits per heavy atom. The molecule has 0 aromatic heterocycles. The van der Waals surface area contributed by atoms with E-state index in [1.54, 1.807) is 24.3 Å². The van der Waals surface area contributed by atoms with Crippen LogP contribution < -0.4 is 4.90 Å². The molecule has 2 aromatic carbocycles. The number of amides is 2. The van der Waals surface area contributed by atoms with Crippen LogP contribution in [0.4, 0.5) is 11.4 Å². The molecule has 0 aliphatic carbocycles. The van der Waals surface area contributed by atoms with Gasteiger partial charge in [-0.1, -0.05) is 12.1 Å². The molecule has 0 saturated heterocycles. The molecular formula is C14H7BrN2O4. The van der Waals surface area contributed by atoms with Crippen LogP contribution in [0.15, 0.2) is 46.9 Å². The van der Waals surface area contributed by atoms with Gasteiger partial charge in [0, 0.05) is 6.07 Å². The Morgan fingerprint density at radius 3 is 2.10 bits per heavy atom. The van der Waals surface area contributed by atoms with Crippen molar-refractivity contribution in [2.45, 2.75) is 0 Å². The number of fused-ring (bicyclic) bond motifs is 1. The Kier molecular flexibility index (Phi) is 3.06. The van der Waals surface area contributed by atoms with E-state index in [0.717, 1.165) is 4.90 Å². The first kappa shape index (κ1) is 13.4. The van der Waals surface area contributed by atoms with Crippen molar-refractivity contribution in [3.05, 3.63) is 68.2 Å². The molecule has 21 heavy (non-hydrogen) atoms. The van der Waals surface area contributed by atoms with E-state index in [1.807, 2.05) is 0 Å². The van der Waals surface area contributed by atoms with Crippen LogP contribution in [0.3, 0.4) is 0 Å². The van der Waals surface area contributed by atoms with Crippen LogP contribution in [-0.4, -0.2) is 16.7 Å². The van der Waals surface area contributed by atoms with Gasteiger partial charge in [-0.2, -0.15) is 0 Å². The first-order chi connectivity index (χ1) is 10.0. The van der Waals surface area contributed by atoms with Crippen molar-refractivity contribution < 1.29 is 14.5 Å². The number of nitro benzene ring substituents is 1. The Morgan fingerprint density at radius 2 is 1.57 bits per heavy atom. The number of imide groups is 1. The summed E-state index contributed by atoms with van der Waals surface area (Å²) in [4.78, 5) is 35.9. The van der Waals surface area contributed by atoms with Crippen LogP contribution in [0, 0.1) is 10.1 Å². The Balaban J connectivity index is 2.11. The first-order valence-corrected chi connectivity index (χ1v) is 6.72. The summed E-state index contributed by atoms with van der Waals surface area (Å²) in [6.45, 7) is 0. The highest BCUT2D eigenvalue weighted by molar-refractivity contribution is 9.10. The van der Waals surface area contributed by atoms with Crippen LogP contribution in [-0.2, 0) is 0 Å². The van der Waals surface area contributed by atoms with Crippen LogP contribution in [0.2, 0.25) is 0 Å². The van der Waals surface area contributed by atoms with Crippen LogP contribution in [0.5, 0.6) is 0 Å². The summed E-state index contributed by atoms with van der Waals surface area (Å²) in [5.41, 5.74) is 0.571. The summed E-state index contributed by atoms with van der Waals surface area (Å²) in [6.07, 6.45) is 0. The van der Waals surface area contributed by atoms with Crippen LogP contribution in [0.1, 0.15) is 20.7 Å². The smallest absolute Gasteiger partial charge is 0.268 e. The molecule has 2 aromatic rings. The van der Waals surface area contributed by atoms with Gasteiger partial charge < -0.3 is 0 Å². The Labute approximate surface area is 127 Å². The summed E-state index contributed by atoms with van der Waals surface area (Å²) in [7, 11) is 0. The van der Waals surface area contributed by atoms with Gasteiger partial charge in [-0.15, -0.1) is 0 Å². The highest BCUT2D eigenvalue weighted by Gasteiger charge is 2.36. The van der Waals surface area contributed by atoms with E-state index in [1.165, 1.54) is 18.2 Å². The van der Waals surface area contributed by atoms with Crippen molar-refractivity contribution in [2.75, 3.05) is 4.90 Å². The molecule has 0 fully saturated rings. The van der Waals surface area contributed by atoms with E-state index in [0.29, 0.717) is 11.1 Å². The minimum Gasteiger partial charge on any atom is -0.268 e. The molecule has 2 amide bonds. The van der Waals surface area contributed by atoms with Gasteiger partial charge in [0.1, 0.15) is 0 Å². The third kappa shape index (κ3) is 2.02. The van der Waals surface area contributed by atoms with Crippen molar-refractivity contribution in [1.82, 2.24) is 0 Å². The lowest BCUT2D eigenvalue weighted by atomic mass is 10.1. The second kappa shape index (κ2) is 4.78.